The number of halogens is 1. The van der Waals surface area contributed by atoms with Crippen LogP contribution in [0.25, 0.3) is 0 Å². The van der Waals surface area contributed by atoms with Crippen molar-refractivity contribution in [1.82, 2.24) is 0 Å². The molecule has 0 amide bonds. The molecule has 3 unspecified atom stereocenters. The van der Waals surface area contributed by atoms with Gasteiger partial charge in [0.25, 0.3) is 0 Å². The van der Waals surface area contributed by atoms with E-state index in [1.165, 1.54) is 31.4 Å². The third kappa shape index (κ3) is 2.12. The Morgan fingerprint density at radius 2 is 2.17 bits per heavy atom. The summed E-state index contributed by atoms with van der Waals surface area (Å²) in [5.74, 6) is 1.63. The molecule has 1 aromatic rings. The molecule has 0 aliphatic heterocycles. The Balaban J connectivity index is 1.81. The van der Waals surface area contributed by atoms with E-state index >= 15 is 0 Å². The van der Waals surface area contributed by atoms with Crippen LogP contribution in [0.2, 0.25) is 0 Å². The first-order chi connectivity index (χ1) is 8.63. The number of aliphatic hydroxyl groups is 1. The van der Waals surface area contributed by atoms with Crippen LogP contribution in [-0.2, 0) is 0 Å². The average Bonchev–Trinajstić information content (AvgIpc) is 2.90. The third-order valence-corrected chi connectivity index (χ3v) is 4.38. The van der Waals surface area contributed by atoms with Crippen molar-refractivity contribution in [2.75, 3.05) is 0 Å². The summed E-state index contributed by atoms with van der Waals surface area (Å²) in [4.78, 5) is 0. The largest absolute Gasteiger partial charge is 0.490 e. The van der Waals surface area contributed by atoms with Crippen LogP contribution >= 0.6 is 0 Å². The van der Waals surface area contributed by atoms with Crippen molar-refractivity contribution in [3.8, 4) is 5.75 Å². The van der Waals surface area contributed by atoms with Gasteiger partial charge in [-0.1, -0.05) is 0 Å². The molecule has 0 aromatic heterocycles. The Morgan fingerprint density at radius 1 is 1.33 bits per heavy atom. The predicted molar refractivity (Wildman–Crippen MR) is 66.9 cm³/mol. The lowest BCUT2D eigenvalue weighted by atomic mass is 9.97. The number of fused-ring (bicyclic) bond motifs is 2. The number of hydrogen-bond acceptors (Lipinski definition) is 2. The second kappa shape index (κ2) is 4.54. The molecular weight excluding hydrogens is 231 g/mol. The molecule has 1 aromatic carbocycles. The molecule has 2 aliphatic rings. The van der Waals surface area contributed by atoms with E-state index in [1.807, 2.05) is 0 Å². The molecule has 18 heavy (non-hydrogen) atoms. The normalized spacial score (nSPS) is 31.6. The Kier molecular flexibility index (Phi) is 3.02. The van der Waals surface area contributed by atoms with E-state index in [2.05, 4.69) is 0 Å². The van der Waals surface area contributed by atoms with Crippen LogP contribution in [-0.4, -0.2) is 11.2 Å². The van der Waals surface area contributed by atoms with E-state index in [9.17, 15) is 9.50 Å². The van der Waals surface area contributed by atoms with Crippen LogP contribution < -0.4 is 4.74 Å². The highest BCUT2D eigenvalue weighted by atomic mass is 19.1. The molecule has 1 N–H and O–H groups in total. The molecule has 98 valence electrons. The Hall–Kier alpha value is -1.09. The Morgan fingerprint density at radius 3 is 2.78 bits per heavy atom. The summed E-state index contributed by atoms with van der Waals surface area (Å²) < 4.78 is 19.3. The predicted octanol–water partition coefficient (Wildman–Crippen LogP) is 3.45. The maximum absolute atomic E-state index is 13.3. The standard InChI is InChI=1S/C15H19FO2/c1-9(17)13-5-4-12(16)8-15(13)18-14-7-10-2-3-11(14)6-10/h4-5,8-11,14,17H,2-3,6-7H2,1H3/t9-,10?,11?,14?/m1/s1. The first kappa shape index (κ1) is 12.0. The van der Waals surface area contributed by atoms with Crippen molar-refractivity contribution in [3.63, 3.8) is 0 Å². The van der Waals surface area contributed by atoms with Gasteiger partial charge in [0.15, 0.2) is 0 Å². The highest BCUT2D eigenvalue weighted by Crippen LogP contribution is 2.46. The fraction of sp³-hybridized carbons (Fsp3) is 0.600. The summed E-state index contributed by atoms with van der Waals surface area (Å²) in [6.45, 7) is 1.68. The van der Waals surface area contributed by atoms with Crippen molar-refractivity contribution < 1.29 is 14.2 Å². The first-order valence-electron chi connectivity index (χ1n) is 6.77. The molecule has 2 saturated carbocycles. The second-order valence-electron chi connectivity index (χ2n) is 5.69. The van der Waals surface area contributed by atoms with Gasteiger partial charge in [0.05, 0.1) is 6.10 Å². The van der Waals surface area contributed by atoms with Crippen LogP contribution in [0.3, 0.4) is 0 Å². The molecule has 0 saturated heterocycles. The van der Waals surface area contributed by atoms with Gasteiger partial charge in [0, 0.05) is 11.6 Å². The number of ether oxygens (including phenoxy) is 1. The molecule has 3 heteroatoms. The fourth-order valence-electron chi connectivity index (χ4n) is 3.45. The lowest BCUT2D eigenvalue weighted by Crippen LogP contribution is -2.24. The van der Waals surface area contributed by atoms with Gasteiger partial charge in [0.2, 0.25) is 0 Å². The van der Waals surface area contributed by atoms with Crippen LogP contribution in [0.4, 0.5) is 4.39 Å². The van der Waals surface area contributed by atoms with Gasteiger partial charge in [0.1, 0.15) is 17.7 Å². The topological polar surface area (TPSA) is 29.5 Å². The summed E-state index contributed by atoms with van der Waals surface area (Å²) in [5, 5.41) is 9.70. The van der Waals surface area contributed by atoms with Crippen molar-refractivity contribution >= 4 is 0 Å². The van der Waals surface area contributed by atoms with Gasteiger partial charge in [-0.15, -0.1) is 0 Å². The van der Waals surface area contributed by atoms with Gasteiger partial charge >= 0.3 is 0 Å². The van der Waals surface area contributed by atoms with Crippen LogP contribution in [0.15, 0.2) is 18.2 Å². The van der Waals surface area contributed by atoms with Gasteiger partial charge in [-0.25, -0.2) is 4.39 Å². The van der Waals surface area contributed by atoms with Crippen molar-refractivity contribution in [3.05, 3.63) is 29.6 Å². The van der Waals surface area contributed by atoms with Crippen LogP contribution in [0.1, 0.15) is 44.3 Å². The zero-order valence-corrected chi connectivity index (χ0v) is 10.6. The van der Waals surface area contributed by atoms with E-state index in [-0.39, 0.29) is 11.9 Å². The molecule has 4 atom stereocenters. The molecule has 0 spiro atoms. The smallest absolute Gasteiger partial charge is 0.128 e. The minimum absolute atomic E-state index is 0.211. The lowest BCUT2D eigenvalue weighted by Gasteiger charge is -2.25. The Labute approximate surface area is 107 Å². The maximum atomic E-state index is 13.3. The lowest BCUT2D eigenvalue weighted by molar-refractivity contribution is 0.128. The van der Waals surface area contributed by atoms with E-state index in [4.69, 9.17) is 4.74 Å². The second-order valence-corrected chi connectivity index (χ2v) is 5.69. The van der Waals surface area contributed by atoms with Crippen molar-refractivity contribution in [1.29, 1.82) is 0 Å². The zero-order chi connectivity index (χ0) is 12.7. The molecule has 0 radical (unpaired) electrons. The van der Waals surface area contributed by atoms with Crippen molar-refractivity contribution in [2.45, 2.75) is 44.8 Å². The minimum Gasteiger partial charge on any atom is -0.490 e. The summed E-state index contributed by atoms with van der Waals surface area (Å²) in [7, 11) is 0. The number of aliphatic hydroxyl groups excluding tert-OH is 1. The van der Waals surface area contributed by atoms with E-state index < -0.39 is 6.10 Å². The van der Waals surface area contributed by atoms with Gasteiger partial charge in [-0.05, 0) is 56.6 Å². The quantitative estimate of drug-likeness (QED) is 0.890. The molecule has 2 bridgehead atoms. The molecule has 2 aliphatic carbocycles. The zero-order valence-electron chi connectivity index (χ0n) is 10.6. The highest BCUT2D eigenvalue weighted by molar-refractivity contribution is 5.35. The third-order valence-electron chi connectivity index (χ3n) is 4.38. The van der Waals surface area contributed by atoms with E-state index in [1.54, 1.807) is 13.0 Å². The van der Waals surface area contributed by atoms with E-state index in [0.717, 1.165) is 12.3 Å². The van der Waals surface area contributed by atoms with E-state index in [0.29, 0.717) is 17.2 Å². The fourth-order valence-corrected chi connectivity index (χ4v) is 3.45. The molecule has 3 rings (SSSR count). The van der Waals surface area contributed by atoms with Gasteiger partial charge < -0.3 is 9.84 Å². The molecular formula is C15H19FO2. The van der Waals surface area contributed by atoms with Gasteiger partial charge in [-0.3, -0.25) is 0 Å². The maximum Gasteiger partial charge on any atom is 0.128 e. The monoisotopic (exact) mass is 250 g/mol. The molecule has 0 heterocycles. The first-order valence-corrected chi connectivity index (χ1v) is 6.77. The van der Waals surface area contributed by atoms with Gasteiger partial charge in [-0.2, -0.15) is 0 Å². The van der Waals surface area contributed by atoms with Crippen LogP contribution in [0.5, 0.6) is 5.75 Å². The number of benzene rings is 1. The summed E-state index contributed by atoms with van der Waals surface area (Å²) in [6, 6.07) is 4.38. The Bertz CT molecular complexity index is 444. The van der Waals surface area contributed by atoms with Crippen molar-refractivity contribution in [2.24, 2.45) is 11.8 Å². The summed E-state index contributed by atoms with van der Waals surface area (Å²) >= 11 is 0. The van der Waals surface area contributed by atoms with Crippen LogP contribution in [0, 0.1) is 17.7 Å². The number of rotatable bonds is 3. The average molecular weight is 250 g/mol. The molecule has 2 fully saturated rings. The minimum atomic E-state index is -0.626. The SMILES string of the molecule is C[C@@H](O)c1ccc(F)cc1OC1CC2CCC1C2. The highest BCUT2D eigenvalue weighted by Gasteiger charge is 2.41. The summed E-state index contributed by atoms with van der Waals surface area (Å²) in [5.41, 5.74) is 0.680. The number of hydrogen-bond donors (Lipinski definition) is 1. The summed E-state index contributed by atoms with van der Waals surface area (Å²) in [6.07, 6.45) is 4.47. The molecule has 2 nitrogen and oxygen atoms in total.